The maximum atomic E-state index is 12.7. The summed E-state index contributed by atoms with van der Waals surface area (Å²) in [4.78, 5) is 12.7. The van der Waals surface area contributed by atoms with Crippen molar-refractivity contribution < 1.29 is 14.6 Å². The second-order valence-corrected chi connectivity index (χ2v) is 8.03. The number of carbonyl (C=O) groups excluding carboxylic acids is 1. The molecule has 0 unspecified atom stereocenters. The number of fused-ring (bicyclic) bond motifs is 1. The minimum Gasteiger partial charge on any atom is -0.489 e. The number of hydrogen-bond acceptors (Lipinski definition) is 4. The number of ether oxygens (including phenoxy) is 1. The first-order valence-corrected chi connectivity index (χ1v) is 9.34. The number of benzene rings is 2. The molecule has 0 saturated heterocycles. The van der Waals surface area contributed by atoms with Gasteiger partial charge in [0.1, 0.15) is 12.4 Å². The third-order valence-electron chi connectivity index (χ3n) is 4.31. The smallest absolute Gasteiger partial charge is 0.255 e. The lowest BCUT2D eigenvalue weighted by molar-refractivity contribution is 0.102. The van der Waals surface area contributed by atoms with E-state index in [9.17, 15) is 9.90 Å². The fraction of sp³-hybridized carbons (Fsp3) is 0.348. The maximum Gasteiger partial charge on any atom is 0.255 e. The van der Waals surface area contributed by atoms with Gasteiger partial charge in [0.2, 0.25) is 0 Å². The number of rotatable bonds is 3. The Morgan fingerprint density at radius 3 is 2.75 bits per heavy atom. The lowest BCUT2D eigenvalue weighted by Crippen LogP contribution is -2.34. The molecule has 1 heterocycles. The molecule has 0 fully saturated rings. The van der Waals surface area contributed by atoms with E-state index in [-0.39, 0.29) is 24.0 Å². The zero-order valence-electron chi connectivity index (χ0n) is 16.7. The van der Waals surface area contributed by atoms with E-state index in [0.717, 1.165) is 16.8 Å². The predicted molar refractivity (Wildman–Crippen MR) is 112 cm³/mol. The van der Waals surface area contributed by atoms with Gasteiger partial charge < -0.3 is 20.5 Å². The van der Waals surface area contributed by atoms with Gasteiger partial charge >= 0.3 is 0 Å². The fourth-order valence-corrected chi connectivity index (χ4v) is 2.84. The van der Waals surface area contributed by atoms with E-state index in [2.05, 4.69) is 43.2 Å². The van der Waals surface area contributed by atoms with Crippen LogP contribution in [0, 0.1) is 24.2 Å². The first-order chi connectivity index (χ1) is 13.2. The van der Waals surface area contributed by atoms with Crippen LogP contribution in [0.3, 0.4) is 0 Å². The summed E-state index contributed by atoms with van der Waals surface area (Å²) in [7, 11) is 0. The van der Waals surface area contributed by atoms with Gasteiger partial charge in [0, 0.05) is 28.3 Å². The largest absolute Gasteiger partial charge is 0.489 e. The summed E-state index contributed by atoms with van der Waals surface area (Å²) in [6.45, 7) is 8.50. The molecule has 0 spiro atoms. The molecule has 1 amide bonds. The summed E-state index contributed by atoms with van der Waals surface area (Å²) >= 11 is 0. The zero-order chi connectivity index (χ0) is 20.3. The average molecular weight is 378 g/mol. The highest BCUT2D eigenvalue weighted by atomic mass is 16.5. The number of aryl methyl sites for hydroxylation is 1. The van der Waals surface area contributed by atoms with Crippen molar-refractivity contribution in [3.05, 3.63) is 53.1 Å². The third-order valence-corrected chi connectivity index (χ3v) is 4.31. The highest BCUT2D eigenvalue weighted by molar-refractivity contribution is 6.05. The lowest BCUT2D eigenvalue weighted by Gasteiger charge is -2.26. The molecule has 2 aromatic rings. The third kappa shape index (κ3) is 4.85. The topological polar surface area (TPSA) is 70.6 Å². The van der Waals surface area contributed by atoms with Crippen LogP contribution >= 0.6 is 0 Å². The van der Waals surface area contributed by atoms with E-state index in [1.54, 1.807) is 12.1 Å². The van der Waals surface area contributed by atoms with Crippen LogP contribution in [0.5, 0.6) is 5.75 Å². The quantitative estimate of drug-likeness (QED) is 0.711. The Morgan fingerprint density at radius 1 is 1.29 bits per heavy atom. The Morgan fingerprint density at radius 2 is 2.07 bits per heavy atom. The normalized spacial score (nSPS) is 15.4. The highest BCUT2D eigenvalue weighted by Crippen LogP contribution is 2.32. The van der Waals surface area contributed by atoms with Crippen LogP contribution in [0.1, 0.15) is 42.3 Å². The molecule has 5 nitrogen and oxygen atoms in total. The molecule has 3 rings (SSSR count). The molecule has 0 saturated carbocycles. The predicted octanol–water partition coefficient (Wildman–Crippen LogP) is 3.81. The van der Waals surface area contributed by atoms with Crippen molar-refractivity contribution in [3.63, 3.8) is 0 Å². The van der Waals surface area contributed by atoms with Gasteiger partial charge in [0.05, 0.1) is 18.3 Å². The van der Waals surface area contributed by atoms with Crippen LogP contribution in [0.4, 0.5) is 11.4 Å². The van der Waals surface area contributed by atoms with Gasteiger partial charge in [-0.3, -0.25) is 4.79 Å². The fourth-order valence-electron chi connectivity index (χ4n) is 2.84. The van der Waals surface area contributed by atoms with Crippen molar-refractivity contribution >= 4 is 17.3 Å². The maximum absolute atomic E-state index is 12.7. The SMILES string of the molecule is Cc1cc(C#CC(C)(C)C)ccc1C(=O)Nc1ccc2c(c1)OC[C@@H](CO)N2. The van der Waals surface area contributed by atoms with Gasteiger partial charge in [0.25, 0.3) is 5.91 Å². The first-order valence-electron chi connectivity index (χ1n) is 9.34. The number of aliphatic hydroxyl groups excluding tert-OH is 1. The summed E-state index contributed by atoms with van der Waals surface area (Å²) < 4.78 is 5.66. The molecule has 1 atom stereocenters. The van der Waals surface area contributed by atoms with Crippen molar-refractivity contribution in [1.29, 1.82) is 0 Å². The molecule has 1 aliphatic rings. The van der Waals surface area contributed by atoms with Crippen LogP contribution in [0.15, 0.2) is 36.4 Å². The van der Waals surface area contributed by atoms with Crippen LogP contribution in [0.2, 0.25) is 0 Å². The Labute approximate surface area is 166 Å². The zero-order valence-corrected chi connectivity index (χ0v) is 16.7. The van der Waals surface area contributed by atoms with Gasteiger partial charge in [-0.15, -0.1) is 0 Å². The summed E-state index contributed by atoms with van der Waals surface area (Å²) in [5.41, 5.74) is 3.78. The van der Waals surface area contributed by atoms with E-state index in [4.69, 9.17) is 4.74 Å². The van der Waals surface area contributed by atoms with Crippen LogP contribution in [-0.2, 0) is 0 Å². The lowest BCUT2D eigenvalue weighted by atomic mass is 9.97. The van der Waals surface area contributed by atoms with Gasteiger partial charge in [-0.05, 0) is 63.6 Å². The van der Waals surface area contributed by atoms with Crippen LogP contribution in [-0.4, -0.2) is 30.3 Å². The van der Waals surface area contributed by atoms with Crippen molar-refractivity contribution in [3.8, 4) is 17.6 Å². The molecular weight excluding hydrogens is 352 g/mol. The minimum absolute atomic E-state index is 0.00727. The second kappa shape index (κ2) is 7.95. The van der Waals surface area contributed by atoms with E-state index in [0.29, 0.717) is 23.6 Å². The standard InChI is InChI=1S/C23H26N2O3/c1-15-11-16(9-10-23(2,3)4)5-7-19(15)22(27)25-17-6-8-20-21(12-17)28-14-18(13-26)24-20/h5-8,11-12,18,24,26H,13-14H2,1-4H3,(H,25,27)/t18-/m1/s1. The molecule has 2 aromatic carbocycles. The highest BCUT2D eigenvalue weighted by Gasteiger charge is 2.19. The van der Waals surface area contributed by atoms with Crippen molar-refractivity contribution in [2.45, 2.75) is 33.7 Å². The molecular formula is C23H26N2O3. The Hall–Kier alpha value is -2.97. The average Bonchev–Trinajstić information content (AvgIpc) is 2.65. The van der Waals surface area contributed by atoms with E-state index in [1.807, 2.05) is 31.2 Å². The Kier molecular flexibility index (Phi) is 5.62. The molecule has 3 N–H and O–H groups in total. The van der Waals surface area contributed by atoms with Gasteiger partial charge in [0.15, 0.2) is 0 Å². The van der Waals surface area contributed by atoms with E-state index in [1.165, 1.54) is 0 Å². The molecule has 0 aliphatic carbocycles. The first kappa shape index (κ1) is 19.8. The monoisotopic (exact) mass is 378 g/mol. The van der Waals surface area contributed by atoms with Gasteiger partial charge in [-0.1, -0.05) is 11.8 Å². The molecule has 5 heteroatoms. The summed E-state index contributed by atoms with van der Waals surface area (Å²) in [6, 6.07) is 10.9. The summed E-state index contributed by atoms with van der Waals surface area (Å²) in [5.74, 6) is 6.85. The minimum atomic E-state index is -0.176. The summed E-state index contributed by atoms with van der Waals surface area (Å²) in [5, 5.41) is 15.3. The van der Waals surface area contributed by atoms with E-state index >= 15 is 0 Å². The molecule has 0 aromatic heterocycles. The van der Waals surface area contributed by atoms with Crippen molar-refractivity contribution in [1.82, 2.24) is 0 Å². The Bertz CT molecular complexity index is 949. The second-order valence-electron chi connectivity index (χ2n) is 8.03. The number of carbonyl (C=O) groups is 1. The molecule has 0 bridgehead atoms. The number of nitrogens with one attached hydrogen (secondary N) is 2. The van der Waals surface area contributed by atoms with Crippen molar-refractivity contribution in [2.24, 2.45) is 5.41 Å². The number of anilines is 2. The van der Waals surface area contributed by atoms with Crippen molar-refractivity contribution in [2.75, 3.05) is 23.8 Å². The molecule has 1 aliphatic heterocycles. The molecule has 28 heavy (non-hydrogen) atoms. The number of amides is 1. The molecule has 146 valence electrons. The number of hydrogen-bond donors (Lipinski definition) is 3. The number of aliphatic hydroxyl groups is 1. The Balaban J connectivity index is 1.74. The van der Waals surface area contributed by atoms with E-state index < -0.39 is 0 Å². The summed E-state index contributed by atoms with van der Waals surface area (Å²) in [6.07, 6.45) is 0. The van der Waals surface area contributed by atoms with Crippen LogP contribution in [0.25, 0.3) is 0 Å². The van der Waals surface area contributed by atoms with Gasteiger partial charge in [-0.2, -0.15) is 0 Å². The van der Waals surface area contributed by atoms with Gasteiger partial charge in [-0.25, -0.2) is 0 Å². The van der Waals surface area contributed by atoms with Crippen LogP contribution < -0.4 is 15.4 Å². The molecule has 0 radical (unpaired) electrons.